The molecule has 1 heterocycles. The van der Waals surface area contributed by atoms with Gasteiger partial charge in [0.1, 0.15) is 5.75 Å². The molecule has 0 aliphatic carbocycles. The Balaban J connectivity index is 1.52. The van der Waals surface area contributed by atoms with Crippen LogP contribution in [0.3, 0.4) is 0 Å². The third-order valence-electron chi connectivity index (χ3n) is 5.35. The molecule has 0 radical (unpaired) electrons. The zero-order valence-corrected chi connectivity index (χ0v) is 19.2. The minimum absolute atomic E-state index is 0.136. The van der Waals surface area contributed by atoms with Gasteiger partial charge in [-0.3, -0.25) is 4.72 Å². The van der Waals surface area contributed by atoms with Crippen LogP contribution < -0.4 is 9.46 Å². The maximum Gasteiger partial charge on any atom is 0.243 e. The Labute approximate surface area is 188 Å². The predicted octanol–water partition coefficient (Wildman–Crippen LogP) is 3.38. The molecule has 3 aromatic carbocycles. The van der Waals surface area contributed by atoms with Crippen molar-refractivity contribution in [1.29, 1.82) is 0 Å². The van der Waals surface area contributed by atoms with Crippen molar-refractivity contribution in [3.05, 3.63) is 89.5 Å². The molecule has 168 valence electrons. The first kappa shape index (κ1) is 22.3. The lowest BCUT2D eigenvalue weighted by molar-refractivity contribution is 0.391. The lowest BCUT2D eigenvalue weighted by atomic mass is 10.0. The normalized spacial score (nSPS) is 14.5. The molecule has 0 bridgehead atoms. The second kappa shape index (κ2) is 8.93. The van der Waals surface area contributed by atoms with E-state index in [1.54, 1.807) is 48.5 Å². The van der Waals surface area contributed by atoms with Crippen LogP contribution in [0.4, 0.5) is 5.69 Å². The van der Waals surface area contributed by atoms with Gasteiger partial charge < -0.3 is 4.74 Å². The number of hydrogen-bond donors (Lipinski definition) is 1. The molecular formula is C23H24N2O5S2. The number of sulfonamides is 2. The molecule has 3 aromatic rings. The molecule has 0 spiro atoms. The molecule has 1 N–H and O–H groups in total. The summed E-state index contributed by atoms with van der Waals surface area (Å²) in [6, 6.07) is 20.5. The van der Waals surface area contributed by atoms with E-state index in [9.17, 15) is 16.8 Å². The summed E-state index contributed by atoms with van der Waals surface area (Å²) in [4.78, 5) is 0.196. The molecule has 0 saturated carbocycles. The molecule has 1 aliphatic rings. The molecule has 7 nitrogen and oxygen atoms in total. The van der Waals surface area contributed by atoms with Crippen LogP contribution in [0.1, 0.15) is 16.7 Å². The van der Waals surface area contributed by atoms with Gasteiger partial charge in [-0.05, 0) is 59.5 Å². The van der Waals surface area contributed by atoms with Crippen LogP contribution >= 0.6 is 0 Å². The average molecular weight is 473 g/mol. The number of benzene rings is 3. The Bertz CT molecular complexity index is 1310. The van der Waals surface area contributed by atoms with E-state index in [1.807, 2.05) is 12.1 Å². The number of nitrogens with zero attached hydrogens (tertiary/aromatic N) is 1. The van der Waals surface area contributed by atoms with Gasteiger partial charge in [-0.15, -0.1) is 0 Å². The van der Waals surface area contributed by atoms with Gasteiger partial charge >= 0.3 is 0 Å². The van der Waals surface area contributed by atoms with E-state index in [4.69, 9.17) is 4.74 Å². The first-order valence-electron chi connectivity index (χ1n) is 10.1. The van der Waals surface area contributed by atoms with Gasteiger partial charge in [0.05, 0.1) is 17.8 Å². The molecule has 0 atom stereocenters. The molecule has 4 rings (SSSR count). The van der Waals surface area contributed by atoms with Crippen molar-refractivity contribution in [2.45, 2.75) is 23.6 Å². The van der Waals surface area contributed by atoms with Crippen LogP contribution in [0.5, 0.6) is 5.75 Å². The topological polar surface area (TPSA) is 92.8 Å². The zero-order chi connectivity index (χ0) is 22.8. The molecule has 9 heteroatoms. The van der Waals surface area contributed by atoms with E-state index in [2.05, 4.69) is 4.72 Å². The van der Waals surface area contributed by atoms with Gasteiger partial charge in [0, 0.05) is 18.8 Å². The van der Waals surface area contributed by atoms with E-state index in [-0.39, 0.29) is 17.2 Å². The van der Waals surface area contributed by atoms with E-state index in [1.165, 1.54) is 23.5 Å². The zero-order valence-electron chi connectivity index (χ0n) is 17.6. The quantitative estimate of drug-likeness (QED) is 0.569. The number of nitrogens with one attached hydrogen (secondary N) is 1. The summed E-state index contributed by atoms with van der Waals surface area (Å²) in [7, 11) is -5.75. The first-order valence-corrected chi connectivity index (χ1v) is 13.2. The van der Waals surface area contributed by atoms with Crippen molar-refractivity contribution < 1.29 is 21.6 Å². The molecular weight excluding hydrogens is 448 g/mol. The number of ether oxygens (including phenoxy) is 1. The largest absolute Gasteiger partial charge is 0.497 e. The highest BCUT2D eigenvalue weighted by atomic mass is 32.2. The number of anilines is 1. The summed E-state index contributed by atoms with van der Waals surface area (Å²) in [5.41, 5.74) is 2.91. The van der Waals surface area contributed by atoms with Gasteiger partial charge in [-0.1, -0.05) is 36.4 Å². The molecule has 32 heavy (non-hydrogen) atoms. The average Bonchev–Trinajstić information content (AvgIpc) is 2.78. The molecule has 0 amide bonds. The fraction of sp³-hybridized carbons (Fsp3) is 0.217. The third-order valence-corrected chi connectivity index (χ3v) is 8.47. The molecule has 0 unspecified atom stereocenters. The van der Waals surface area contributed by atoms with Gasteiger partial charge in [0.2, 0.25) is 20.0 Å². The monoisotopic (exact) mass is 472 g/mol. The van der Waals surface area contributed by atoms with Gasteiger partial charge in [-0.25, -0.2) is 16.8 Å². The number of hydrogen-bond acceptors (Lipinski definition) is 5. The summed E-state index contributed by atoms with van der Waals surface area (Å²) in [5.74, 6) is 0.448. The lowest BCUT2D eigenvalue weighted by Crippen LogP contribution is -2.36. The maximum absolute atomic E-state index is 13.1. The summed E-state index contributed by atoms with van der Waals surface area (Å²) in [5, 5.41) is 0. The van der Waals surface area contributed by atoms with Crippen molar-refractivity contribution in [2.24, 2.45) is 0 Å². The Morgan fingerprint density at radius 1 is 0.906 bits per heavy atom. The Morgan fingerprint density at radius 2 is 1.62 bits per heavy atom. The van der Waals surface area contributed by atoms with Crippen LogP contribution in [0.2, 0.25) is 0 Å². The highest BCUT2D eigenvalue weighted by molar-refractivity contribution is 7.91. The third kappa shape index (κ3) is 4.95. The number of methoxy groups -OCH3 is 1. The molecule has 0 saturated heterocycles. The van der Waals surface area contributed by atoms with Crippen LogP contribution in [0.15, 0.2) is 77.7 Å². The van der Waals surface area contributed by atoms with Crippen molar-refractivity contribution in [1.82, 2.24) is 4.31 Å². The number of rotatable bonds is 7. The van der Waals surface area contributed by atoms with E-state index in [0.29, 0.717) is 30.0 Å². The Hall–Kier alpha value is -2.88. The van der Waals surface area contributed by atoms with Gasteiger partial charge in [0.25, 0.3) is 0 Å². The van der Waals surface area contributed by atoms with Crippen LogP contribution in [0.25, 0.3) is 0 Å². The summed E-state index contributed by atoms with van der Waals surface area (Å²) >= 11 is 0. The summed E-state index contributed by atoms with van der Waals surface area (Å²) < 4.78 is 60.4. The standard InChI is InChI=1S/C23H24N2O5S2/c1-30-22-9-11-23(12-10-22)32(28,29)25-14-13-19-7-8-21(15-20(19)16-25)24-31(26,27)17-18-5-3-2-4-6-18/h2-12,15,24H,13-14,16-17H2,1H3. The molecule has 0 fully saturated rings. The number of fused-ring (bicyclic) bond motifs is 1. The van der Waals surface area contributed by atoms with Crippen molar-refractivity contribution >= 4 is 25.7 Å². The van der Waals surface area contributed by atoms with Crippen molar-refractivity contribution in [3.8, 4) is 5.75 Å². The fourth-order valence-corrected chi connectivity index (χ4v) is 6.31. The fourth-order valence-electron chi connectivity index (χ4n) is 3.71. The Morgan fingerprint density at radius 3 is 2.31 bits per heavy atom. The second-order valence-corrected chi connectivity index (χ2v) is 11.3. The van der Waals surface area contributed by atoms with E-state index >= 15 is 0 Å². The first-order chi connectivity index (χ1) is 15.3. The van der Waals surface area contributed by atoms with Crippen LogP contribution in [-0.2, 0) is 38.8 Å². The predicted molar refractivity (Wildman–Crippen MR) is 123 cm³/mol. The highest BCUT2D eigenvalue weighted by Crippen LogP contribution is 2.28. The lowest BCUT2D eigenvalue weighted by Gasteiger charge is -2.28. The van der Waals surface area contributed by atoms with Gasteiger partial charge in [0.15, 0.2) is 0 Å². The Kier molecular flexibility index (Phi) is 6.23. The minimum atomic E-state index is -3.68. The maximum atomic E-state index is 13.1. The van der Waals surface area contributed by atoms with E-state index < -0.39 is 20.0 Å². The molecule has 1 aliphatic heterocycles. The van der Waals surface area contributed by atoms with Crippen molar-refractivity contribution in [3.63, 3.8) is 0 Å². The highest BCUT2D eigenvalue weighted by Gasteiger charge is 2.28. The summed E-state index contributed by atoms with van der Waals surface area (Å²) in [6.45, 7) is 0.540. The van der Waals surface area contributed by atoms with Crippen molar-refractivity contribution in [2.75, 3.05) is 18.4 Å². The van der Waals surface area contributed by atoms with E-state index in [0.717, 1.165) is 11.1 Å². The van der Waals surface area contributed by atoms with Crippen LogP contribution in [0, 0.1) is 0 Å². The van der Waals surface area contributed by atoms with Crippen LogP contribution in [-0.4, -0.2) is 34.8 Å². The SMILES string of the molecule is COc1ccc(S(=O)(=O)N2CCc3ccc(NS(=O)(=O)Cc4ccccc4)cc3C2)cc1. The summed E-state index contributed by atoms with van der Waals surface area (Å²) in [6.07, 6.45) is 0.557. The smallest absolute Gasteiger partial charge is 0.243 e. The minimum Gasteiger partial charge on any atom is -0.497 e. The molecule has 0 aromatic heterocycles. The second-order valence-electron chi connectivity index (χ2n) is 7.59. The van der Waals surface area contributed by atoms with Gasteiger partial charge in [-0.2, -0.15) is 4.31 Å².